The van der Waals surface area contributed by atoms with Crippen LogP contribution in [-0.4, -0.2) is 50.8 Å². The van der Waals surface area contributed by atoms with Crippen LogP contribution in [0.5, 0.6) is 11.5 Å². The second kappa shape index (κ2) is 11.9. The van der Waals surface area contributed by atoms with E-state index in [1.54, 1.807) is 30.5 Å². The van der Waals surface area contributed by atoms with Crippen molar-refractivity contribution in [1.29, 1.82) is 0 Å². The van der Waals surface area contributed by atoms with E-state index in [-0.39, 0.29) is 33.0 Å². The van der Waals surface area contributed by atoms with Crippen molar-refractivity contribution >= 4 is 63.5 Å². The fourth-order valence-electron chi connectivity index (χ4n) is 2.99. The lowest BCUT2D eigenvalue weighted by molar-refractivity contribution is -0.139. The predicted octanol–water partition coefficient (Wildman–Crippen LogP) is 5.23. The van der Waals surface area contributed by atoms with Gasteiger partial charge in [0.15, 0.2) is 29.7 Å². The Labute approximate surface area is 223 Å². The molecule has 0 saturated heterocycles. The summed E-state index contributed by atoms with van der Waals surface area (Å²) in [5, 5.41) is 18.6. The predicted molar refractivity (Wildman–Crippen MR) is 135 cm³/mol. The van der Waals surface area contributed by atoms with Crippen molar-refractivity contribution in [2.45, 2.75) is 0 Å². The summed E-state index contributed by atoms with van der Waals surface area (Å²) in [4.78, 5) is 33.1. The van der Waals surface area contributed by atoms with E-state index in [1.807, 2.05) is 0 Å². The molecule has 0 spiro atoms. The van der Waals surface area contributed by atoms with Gasteiger partial charge in [-0.1, -0.05) is 34.8 Å². The lowest BCUT2D eigenvalue weighted by Gasteiger charge is -2.10. The molecule has 2 aromatic carbocycles. The molecule has 37 heavy (non-hydrogen) atoms. The molecule has 0 radical (unpaired) electrons. The zero-order chi connectivity index (χ0) is 27.3. The molecule has 0 saturated carbocycles. The van der Waals surface area contributed by atoms with Gasteiger partial charge in [-0.15, -0.1) is 0 Å². The third-order valence-corrected chi connectivity index (χ3v) is 5.60. The quantitative estimate of drug-likeness (QED) is 0.281. The molecule has 2 aromatic heterocycles. The number of carboxylic acid groups (broad SMARTS) is 2. The van der Waals surface area contributed by atoms with E-state index in [0.717, 1.165) is 5.39 Å². The summed E-state index contributed by atoms with van der Waals surface area (Å²) in [6, 6.07) is 9.48. The number of carboxylic acids is 2. The van der Waals surface area contributed by atoms with Crippen molar-refractivity contribution in [2.75, 3.05) is 19.5 Å². The van der Waals surface area contributed by atoms with Gasteiger partial charge in [-0.2, -0.15) is 0 Å². The van der Waals surface area contributed by atoms with E-state index in [2.05, 4.69) is 15.0 Å². The lowest BCUT2D eigenvalue weighted by atomic mass is 10.1. The normalized spacial score (nSPS) is 10.4. The minimum atomic E-state index is -1.41. The molecule has 4 N–H and O–H groups in total. The monoisotopic (exact) mass is 568 g/mol. The highest BCUT2D eigenvalue weighted by Crippen LogP contribution is 2.35. The van der Waals surface area contributed by atoms with E-state index in [9.17, 15) is 14.0 Å². The first-order valence-electron chi connectivity index (χ1n) is 10.0. The molecular formula is C23H16Cl3FN4O6. The molecule has 0 bridgehead atoms. The van der Waals surface area contributed by atoms with Crippen molar-refractivity contribution in [2.24, 2.45) is 0 Å². The second-order valence-corrected chi connectivity index (χ2v) is 8.16. The van der Waals surface area contributed by atoms with E-state index in [1.165, 1.54) is 19.2 Å². The summed E-state index contributed by atoms with van der Waals surface area (Å²) in [5.74, 6) is -3.56. The van der Waals surface area contributed by atoms with Crippen LogP contribution >= 0.6 is 34.8 Å². The molecule has 0 unspecified atom stereocenters. The first kappa shape index (κ1) is 27.7. The molecule has 0 amide bonds. The summed E-state index contributed by atoms with van der Waals surface area (Å²) in [6.07, 6.45) is 1.60. The van der Waals surface area contributed by atoms with Crippen molar-refractivity contribution in [3.05, 3.63) is 69.2 Å². The number of rotatable bonds is 6. The maximum Gasteiger partial charge on any atom is 0.356 e. The smallest absolute Gasteiger partial charge is 0.356 e. The van der Waals surface area contributed by atoms with Gasteiger partial charge in [-0.3, -0.25) is 4.98 Å². The molecule has 4 aromatic rings. The number of pyridine rings is 1. The van der Waals surface area contributed by atoms with Gasteiger partial charge >= 0.3 is 11.9 Å². The maximum absolute atomic E-state index is 14.3. The van der Waals surface area contributed by atoms with E-state index in [0.29, 0.717) is 16.3 Å². The third-order valence-electron chi connectivity index (χ3n) is 4.60. The van der Waals surface area contributed by atoms with Gasteiger partial charge in [0.2, 0.25) is 0 Å². The van der Waals surface area contributed by atoms with E-state index < -0.39 is 30.1 Å². The summed E-state index contributed by atoms with van der Waals surface area (Å²) in [5.41, 5.74) is 5.46. The Morgan fingerprint density at radius 1 is 1.05 bits per heavy atom. The Morgan fingerprint density at radius 2 is 1.76 bits per heavy atom. The molecule has 4 rings (SSSR count). The Bertz CT molecular complexity index is 1510. The largest absolute Gasteiger partial charge is 0.492 e. The molecule has 0 aliphatic heterocycles. The van der Waals surface area contributed by atoms with Gasteiger partial charge in [0, 0.05) is 11.6 Å². The zero-order valence-electron chi connectivity index (χ0n) is 18.7. The van der Waals surface area contributed by atoms with E-state index in [4.69, 9.17) is 60.2 Å². The molecule has 0 aliphatic carbocycles. The van der Waals surface area contributed by atoms with Crippen LogP contribution in [-0.2, 0) is 4.79 Å². The maximum atomic E-state index is 14.3. The highest BCUT2D eigenvalue weighted by molar-refractivity contribution is 6.36. The van der Waals surface area contributed by atoms with Crippen LogP contribution in [0.3, 0.4) is 0 Å². The number of aromatic carboxylic acids is 1. The number of nitrogen functional groups attached to an aromatic ring is 1. The van der Waals surface area contributed by atoms with Crippen molar-refractivity contribution in [3.63, 3.8) is 0 Å². The van der Waals surface area contributed by atoms with Crippen LogP contribution in [0.25, 0.3) is 22.3 Å². The lowest BCUT2D eigenvalue weighted by Crippen LogP contribution is -2.09. The van der Waals surface area contributed by atoms with Crippen LogP contribution in [0.1, 0.15) is 10.5 Å². The zero-order valence-corrected chi connectivity index (χ0v) is 21.0. The van der Waals surface area contributed by atoms with E-state index >= 15 is 0 Å². The van der Waals surface area contributed by atoms with Crippen LogP contribution < -0.4 is 15.2 Å². The first-order chi connectivity index (χ1) is 17.5. The number of benzene rings is 2. The van der Waals surface area contributed by atoms with Gasteiger partial charge in [0.05, 0.1) is 22.7 Å². The number of methoxy groups -OCH3 is 1. The van der Waals surface area contributed by atoms with Gasteiger partial charge in [-0.25, -0.2) is 23.9 Å². The van der Waals surface area contributed by atoms with Crippen molar-refractivity contribution in [3.8, 4) is 22.9 Å². The molecule has 0 atom stereocenters. The topological polar surface area (TPSA) is 158 Å². The summed E-state index contributed by atoms with van der Waals surface area (Å²) in [7, 11) is 1.24. The highest BCUT2D eigenvalue weighted by atomic mass is 35.5. The number of halogens is 4. The number of nitrogens with two attached hydrogens (primary N) is 1. The first-order valence-corrected chi connectivity index (χ1v) is 11.1. The van der Waals surface area contributed by atoms with Crippen LogP contribution in [0.4, 0.5) is 10.2 Å². The van der Waals surface area contributed by atoms with Crippen molar-refractivity contribution in [1.82, 2.24) is 15.0 Å². The number of hydrogen-bond donors (Lipinski definition) is 3. The number of carbonyl (C=O) groups is 2. The summed E-state index contributed by atoms with van der Waals surface area (Å²) < 4.78 is 24.2. The SMILES string of the molecule is COc1c(Cl)ccc(-c2nc(N)c(Cl)c(C(=O)O)n2)c1F.O=C(O)COc1ccc(Cl)c2cccnc12. The number of aliphatic carboxylic acids is 1. The number of anilines is 1. The number of fused-ring (bicyclic) bond motifs is 1. The Morgan fingerprint density at radius 3 is 2.41 bits per heavy atom. The van der Waals surface area contributed by atoms with Crippen molar-refractivity contribution < 1.29 is 33.7 Å². The van der Waals surface area contributed by atoms with Gasteiger partial charge < -0.3 is 25.4 Å². The summed E-state index contributed by atoms with van der Waals surface area (Å²) in [6.45, 7) is -0.396. The molecular weight excluding hydrogens is 554 g/mol. The average molecular weight is 570 g/mol. The molecule has 192 valence electrons. The molecule has 10 nitrogen and oxygen atoms in total. The van der Waals surface area contributed by atoms with Crippen LogP contribution in [0, 0.1) is 5.82 Å². The fourth-order valence-corrected chi connectivity index (χ4v) is 3.59. The fraction of sp³-hybridized carbons (Fsp3) is 0.0870. The van der Waals surface area contributed by atoms with Crippen LogP contribution in [0.2, 0.25) is 15.1 Å². The minimum Gasteiger partial charge on any atom is -0.492 e. The Hall–Kier alpha value is -3.93. The second-order valence-electron chi connectivity index (χ2n) is 6.97. The Balaban J connectivity index is 0.000000213. The van der Waals surface area contributed by atoms with Crippen LogP contribution in [0.15, 0.2) is 42.6 Å². The molecule has 14 heteroatoms. The highest BCUT2D eigenvalue weighted by Gasteiger charge is 2.21. The number of hydrogen-bond acceptors (Lipinski definition) is 8. The number of ether oxygens (including phenoxy) is 2. The molecule has 2 heterocycles. The van der Waals surface area contributed by atoms with Gasteiger partial charge in [0.25, 0.3) is 0 Å². The standard InChI is InChI=1S/C12H8Cl2FN3O3.C11H8ClNO3/c1-21-9-5(13)3-2-4(7(9)15)11-17-8(12(19)20)6(14)10(16)18-11;12-8-3-4-9(16-6-10(14)15)11-7(8)2-1-5-13-11/h2-3H,1H3,(H,19,20)(H2,16,17,18);1-5H,6H2,(H,14,15). The minimum absolute atomic E-state index is 0.0548. The summed E-state index contributed by atoms with van der Waals surface area (Å²) >= 11 is 17.5. The number of aromatic nitrogens is 3. The molecule has 0 aliphatic rings. The number of nitrogens with zero attached hydrogens (tertiary/aromatic N) is 3. The van der Waals surface area contributed by atoms with Gasteiger partial charge in [-0.05, 0) is 36.4 Å². The third kappa shape index (κ3) is 6.26. The van der Waals surface area contributed by atoms with Gasteiger partial charge in [0.1, 0.15) is 22.1 Å². The Kier molecular flexibility index (Phi) is 8.87. The molecule has 0 fully saturated rings. The average Bonchev–Trinajstić information content (AvgIpc) is 2.86.